The van der Waals surface area contributed by atoms with Crippen LogP contribution < -0.4 is 5.73 Å². The summed E-state index contributed by atoms with van der Waals surface area (Å²) in [6.07, 6.45) is 0.433. The summed E-state index contributed by atoms with van der Waals surface area (Å²) in [5.74, 6) is -1.34. The summed E-state index contributed by atoms with van der Waals surface area (Å²) in [6, 6.07) is 4.36. The van der Waals surface area contributed by atoms with Gasteiger partial charge in [0.2, 0.25) is 0 Å². The number of carboxylic acids is 1. The van der Waals surface area contributed by atoms with Gasteiger partial charge < -0.3 is 21.1 Å². The van der Waals surface area contributed by atoms with Crippen molar-refractivity contribution in [3.63, 3.8) is 0 Å². The Kier molecular flexibility index (Phi) is 5.18. The van der Waals surface area contributed by atoms with E-state index in [2.05, 4.69) is 0 Å². The van der Waals surface area contributed by atoms with Gasteiger partial charge in [-0.2, -0.15) is 0 Å². The van der Waals surface area contributed by atoms with Crippen LogP contribution in [0.4, 0.5) is 0 Å². The van der Waals surface area contributed by atoms with Crippen LogP contribution in [0.1, 0.15) is 31.7 Å². The lowest BCUT2D eigenvalue weighted by Crippen LogP contribution is -2.26. The molecule has 0 fully saturated rings. The number of benzene rings is 1. The van der Waals surface area contributed by atoms with Gasteiger partial charge in [-0.15, -0.1) is 0 Å². The molecule has 106 valence electrons. The smallest absolute Gasteiger partial charge is 0.307 e. The number of aromatic hydroxyl groups is 2. The molecule has 0 aliphatic carbocycles. The molecule has 3 unspecified atom stereocenters. The zero-order chi connectivity index (χ0) is 14.6. The molecule has 19 heavy (non-hydrogen) atoms. The highest BCUT2D eigenvalue weighted by atomic mass is 16.4. The molecule has 5 nitrogen and oxygen atoms in total. The van der Waals surface area contributed by atoms with Gasteiger partial charge in [0.25, 0.3) is 0 Å². The molecule has 0 aliphatic rings. The molecule has 0 spiro atoms. The van der Waals surface area contributed by atoms with Gasteiger partial charge in [0.1, 0.15) is 11.5 Å². The minimum absolute atomic E-state index is 0.0253. The number of carbonyl (C=O) groups is 1. The summed E-state index contributed by atoms with van der Waals surface area (Å²) in [5.41, 5.74) is 6.06. The van der Waals surface area contributed by atoms with Crippen LogP contribution in [-0.4, -0.2) is 27.8 Å². The van der Waals surface area contributed by atoms with Gasteiger partial charge in [0.05, 0.1) is 5.92 Å². The second-order valence-corrected chi connectivity index (χ2v) is 5.02. The highest BCUT2D eigenvalue weighted by Crippen LogP contribution is 2.35. The van der Waals surface area contributed by atoms with Crippen molar-refractivity contribution in [1.29, 1.82) is 0 Å². The Balaban J connectivity index is 2.84. The summed E-state index contributed by atoms with van der Waals surface area (Å²) < 4.78 is 0. The van der Waals surface area contributed by atoms with E-state index in [4.69, 9.17) is 10.8 Å². The topological polar surface area (TPSA) is 104 Å². The molecule has 0 amide bonds. The third-order valence-corrected chi connectivity index (χ3v) is 3.65. The minimum Gasteiger partial charge on any atom is -0.508 e. The van der Waals surface area contributed by atoms with Gasteiger partial charge in [0.15, 0.2) is 0 Å². The molecule has 0 aromatic heterocycles. The summed E-state index contributed by atoms with van der Waals surface area (Å²) >= 11 is 0. The van der Waals surface area contributed by atoms with Crippen LogP contribution in [0.25, 0.3) is 0 Å². The van der Waals surface area contributed by atoms with Gasteiger partial charge in [-0.3, -0.25) is 4.79 Å². The van der Waals surface area contributed by atoms with E-state index >= 15 is 0 Å². The molecule has 0 saturated carbocycles. The predicted octanol–water partition coefficient (Wildman–Crippen LogP) is 1.89. The normalized spacial score (nSPS) is 15.7. The molecule has 1 aromatic carbocycles. The average molecular weight is 267 g/mol. The Morgan fingerprint density at radius 2 is 1.95 bits per heavy atom. The number of hydrogen-bond donors (Lipinski definition) is 4. The molecular formula is C14H21NO4. The molecule has 0 radical (unpaired) electrons. The van der Waals surface area contributed by atoms with Crippen LogP contribution >= 0.6 is 0 Å². The van der Waals surface area contributed by atoms with Crippen LogP contribution in [0.2, 0.25) is 0 Å². The summed E-state index contributed by atoms with van der Waals surface area (Å²) in [7, 11) is 0. The van der Waals surface area contributed by atoms with E-state index in [1.54, 1.807) is 0 Å². The lowest BCUT2D eigenvalue weighted by molar-refractivity contribution is -0.142. The Morgan fingerprint density at radius 3 is 2.47 bits per heavy atom. The Morgan fingerprint density at radius 1 is 1.32 bits per heavy atom. The maximum absolute atomic E-state index is 11.0. The van der Waals surface area contributed by atoms with Crippen molar-refractivity contribution in [3.8, 4) is 11.5 Å². The highest BCUT2D eigenvalue weighted by Gasteiger charge is 2.24. The number of aliphatic carboxylic acids is 1. The minimum atomic E-state index is -0.901. The van der Waals surface area contributed by atoms with E-state index in [9.17, 15) is 15.0 Å². The number of carboxylic acid groups (broad SMARTS) is 1. The molecular weight excluding hydrogens is 246 g/mol. The van der Waals surface area contributed by atoms with Crippen LogP contribution in [0.15, 0.2) is 18.2 Å². The largest absolute Gasteiger partial charge is 0.508 e. The maximum Gasteiger partial charge on any atom is 0.307 e. The first-order valence-electron chi connectivity index (χ1n) is 6.31. The van der Waals surface area contributed by atoms with Crippen LogP contribution in [0, 0.1) is 11.8 Å². The van der Waals surface area contributed by atoms with E-state index < -0.39 is 11.9 Å². The molecule has 1 aromatic rings. The molecule has 5 heteroatoms. The molecule has 0 heterocycles. The molecule has 5 N–H and O–H groups in total. The Hall–Kier alpha value is -1.75. The van der Waals surface area contributed by atoms with Gasteiger partial charge in [-0.05, 0) is 36.5 Å². The standard InChI is InChI=1S/C14H21NO4/c1-8(5-10(7-15)14(18)19)9(2)12-6-11(16)3-4-13(12)17/h3-4,6,8-10,16-17H,5,7,15H2,1-2H3,(H,18,19). The van der Waals surface area contributed by atoms with E-state index in [0.717, 1.165) is 0 Å². The van der Waals surface area contributed by atoms with Crippen molar-refractivity contribution in [2.75, 3.05) is 6.54 Å². The maximum atomic E-state index is 11.0. The Bertz CT molecular complexity index is 447. The van der Waals surface area contributed by atoms with E-state index in [1.807, 2.05) is 13.8 Å². The second kappa shape index (κ2) is 6.43. The fourth-order valence-electron chi connectivity index (χ4n) is 2.16. The number of nitrogens with two attached hydrogens (primary N) is 1. The van der Waals surface area contributed by atoms with Gasteiger partial charge in [-0.1, -0.05) is 13.8 Å². The highest BCUT2D eigenvalue weighted by molar-refractivity contribution is 5.70. The van der Waals surface area contributed by atoms with Crippen molar-refractivity contribution >= 4 is 5.97 Å². The molecule has 1 rings (SSSR count). The fraction of sp³-hybridized carbons (Fsp3) is 0.500. The number of phenolic OH excluding ortho intramolecular Hbond substituents is 2. The molecule has 0 aliphatic heterocycles. The van der Waals surface area contributed by atoms with Crippen molar-refractivity contribution in [1.82, 2.24) is 0 Å². The Labute approximate surface area is 112 Å². The van der Waals surface area contributed by atoms with Crippen LogP contribution in [-0.2, 0) is 4.79 Å². The summed E-state index contributed by atoms with van der Waals surface area (Å²) in [6.45, 7) is 3.91. The number of rotatable bonds is 6. The lowest BCUT2D eigenvalue weighted by Gasteiger charge is -2.23. The fourth-order valence-corrected chi connectivity index (χ4v) is 2.16. The summed E-state index contributed by atoms with van der Waals surface area (Å²) in [4.78, 5) is 11.0. The van der Waals surface area contributed by atoms with E-state index in [1.165, 1.54) is 18.2 Å². The third-order valence-electron chi connectivity index (χ3n) is 3.65. The predicted molar refractivity (Wildman–Crippen MR) is 72.1 cm³/mol. The summed E-state index contributed by atoms with van der Waals surface area (Å²) in [5, 5.41) is 28.3. The number of phenols is 2. The zero-order valence-corrected chi connectivity index (χ0v) is 11.2. The van der Waals surface area contributed by atoms with Gasteiger partial charge >= 0.3 is 5.97 Å². The first-order chi connectivity index (χ1) is 8.86. The number of hydrogen-bond acceptors (Lipinski definition) is 4. The molecule has 3 atom stereocenters. The quantitative estimate of drug-likeness (QED) is 0.589. The first-order valence-corrected chi connectivity index (χ1v) is 6.31. The van der Waals surface area contributed by atoms with E-state index in [-0.39, 0.29) is 29.9 Å². The van der Waals surface area contributed by atoms with Crippen LogP contribution in [0.5, 0.6) is 11.5 Å². The SMILES string of the molecule is CC(CC(CN)C(=O)O)C(C)c1cc(O)ccc1O. The second-order valence-electron chi connectivity index (χ2n) is 5.02. The third kappa shape index (κ3) is 3.86. The van der Waals surface area contributed by atoms with Crippen molar-refractivity contribution in [2.45, 2.75) is 26.2 Å². The monoisotopic (exact) mass is 267 g/mol. The van der Waals surface area contributed by atoms with Crippen molar-refractivity contribution < 1.29 is 20.1 Å². The lowest BCUT2D eigenvalue weighted by atomic mass is 9.82. The van der Waals surface area contributed by atoms with Crippen molar-refractivity contribution in [2.24, 2.45) is 17.6 Å². The van der Waals surface area contributed by atoms with Crippen molar-refractivity contribution in [3.05, 3.63) is 23.8 Å². The average Bonchev–Trinajstić information content (AvgIpc) is 2.37. The van der Waals surface area contributed by atoms with Crippen LogP contribution in [0.3, 0.4) is 0 Å². The molecule has 0 bridgehead atoms. The van der Waals surface area contributed by atoms with Gasteiger partial charge in [-0.25, -0.2) is 0 Å². The van der Waals surface area contributed by atoms with Gasteiger partial charge in [0, 0.05) is 12.1 Å². The van der Waals surface area contributed by atoms with E-state index in [0.29, 0.717) is 12.0 Å². The molecule has 0 saturated heterocycles. The first kappa shape index (κ1) is 15.3. The zero-order valence-electron chi connectivity index (χ0n) is 11.2.